The van der Waals surface area contributed by atoms with E-state index < -0.39 is 6.04 Å². The molecular formula is C12H20N6O3. The Balaban J connectivity index is 2.26. The van der Waals surface area contributed by atoms with E-state index in [-0.39, 0.29) is 24.5 Å². The van der Waals surface area contributed by atoms with Crippen molar-refractivity contribution in [3.8, 4) is 6.01 Å². The van der Waals surface area contributed by atoms with Crippen LogP contribution in [0.1, 0.15) is 13.8 Å². The maximum Gasteiger partial charge on any atom is 0.323 e. The van der Waals surface area contributed by atoms with E-state index in [4.69, 9.17) is 15.2 Å². The van der Waals surface area contributed by atoms with Crippen molar-refractivity contribution in [3.05, 3.63) is 0 Å². The van der Waals surface area contributed by atoms with Crippen molar-refractivity contribution < 1.29 is 14.3 Å². The molecule has 3 N–H and O–H groups in total. The highest BCUT2D eigenvalue weighted by Gasteiger charge is 2.31. The number of morpholine rings is 1. The van der Waals surface area contributed by atoms with Gasteiger partial charge in [0.25, 0.3) is 0 Å². The van der Waals surface area contributed by atoms with Gasteiger partial charge in [-0.3, -0.25) is 4.79 Å². The van der Waals surface area contributed by atoms with Crippen LogP contribution in [0.4, 0.5) is 11.9 Å². The van der Waals surface area contributed by atoms with Gasteiger partial charge < -0.3 is 25.4 Å². The van der Waals surface area contributed by atoms with Crippen molar-refractivity contribution >= 4 is 17.8 Å². The largest absolute Gasteiger partial charge is 0.464 e. The number of carbonyl (C=O) groups is 1. The molecule has 0 bridgehead atoms. The summed E-state index contributed by atoms with van der Waals surface area (Å²) in [7, 11) is 0. The first-order valence-corrected chi connectivity index (χ1v) is 6.92. The molecule has 0 aromatic carbocycles. The van der Waals surface area contributed by atoms with E-state index in [0.717, 1.165) is 0 Å². The number of nitrogens with two attached hydrogens (primary N) is 1. The molecule has 1 unspecified atom stereocenters. The van der Waals surface area contributed by atoms with Crippen LogP contribution >= 0.6 is 0 Å². The number of nitrogens with zero attached hydrogens (tertiary/aromatic N) is 4. The fourth-order valence-corrected chi connectivity index (χ4v) is 2.04. The molecule has 116 valence electrons. The van der Waals surface area contributed by atoms with Gasteiger partial charge in [-0.15, -0.1) is 0 Å². The molecule has 1 saturated heterocycles. The van der Waals surface area contributed by atoms with Crippen LogP contribution in [0.2, 0.25) is 0 Å². The molecule has 0 aliphatic carbocycles. The fourth-order valence-electron chi connectivity index (χ4n) is 2.04. The Morgan fingerprint density at radius 2 is 2.29 bits per heavy atom. The quantitative estimate of drug-likeness (QED) is 0.725. The molecule has 0 spiro atoms. The van der Waals surface area contributed by atoms with Crippen molar-refractivity contribution in [1.82, 2.24) is 20.3 Å². The first-order chi connectivity index (χ1) is 10.2. The maximum atomic E-state index is 12.1. The first kappa shape index (κ1) is 15.2. The molecule has 1 aliphatic heterocycles. The Kier molecular flexibility index (Phi) is 5.09. The third kappa shape index (κ3) is 3.69. The maximum absolute atomic E-state index is 12.1. The Morgan fingerprint density at radius 1 is 1.48 bits per heavy atom. The highest BCUT2D eigenvalue weighted by atomic mass is 16.5. The summed E-state index contributed by atoms with van der Waals surface area (Å²) in [6.45, 7) is 5.92. The summed E-state index contributed by atoms with van der Waals surface area (Å²) in [5.74, 6) is 0.254. The molecular weight excluding hydrogens is 276 g/mol. The highest BCUT2D eigenvalue weighted by Crippen LogP contribution is 2.18. The van der Waals surface area contributed by atoms with E-state index in [1.807, 2.05) is 13.8 Å². The van der Waals surface area contributed by atoms with E-state index in [9.17, 15) is 4.79 Å². The van der Waals surface area contributed by atoms with Crippen LogP contribution in [-0.4, -0.2) is 59.8 Å². The number of aromatic nitrogens is 3. The lowest BCUT2D eigenvalue weighted by molar-refractivity contribution is -0.124. The Labute approximate surface area is 122 Å². The molecule has 1 aromatic rings. The van der Waals surface area contributed by atoms with Gasteiger partial charge in [0, 0.05) is 13.1 Å². The zero-order valence-corrected chi connectivity index (χ0v) is 12.2. The smallest absolute Gasteiger partial charge is 0.323 e. The average molecular weight is 296 g/mol. The second-order valence-electron chi connectivity index (χ2n) is 4.39. The molecule has 1 atom stereocenters. The Morgan fingerprint density at radius 3 is 3.00 bits per heavy atom. The van der Waals surface area contributed by atoms with Crippen LogP contribution in [0.25, 0.3) is 0 Å². The lowest BCUT2D eigenvalue weighted by atomic mass is 10.2. The predicted molar refractivity (Wildman–Crippen MR) is 76.0 cm³/mol. The summed E-state index contributed by atoms with van der Waals surface area (Å²) in [4.78, 5) is 26.1. The van der Waals surface area contributed by atoms with Crippen LogP contribution in [0.15, 0.2) is 0 Å². The molecule has 0 radical (unpaired) electrons. The number of carbonyl (C=O) groups excluding carboxylic acids is 1. The van der Waals surface area contributed by atoms with Gasteiger partial charge in [0.05, 0.1) is 19.8 Å². The SMILES string of the molecule is CCNC(=O)C1COCCN1c1nc(N)nc(OCC)n1. The van der Waals surface area contributed by atoms with Crippen LogP contribution in [-0.2, 0) is 9.53 Å². The zero-order valence-electron chi connectivity index (χ0n) is 12.2. The van der Waals surface area contributed by atoms with Crippen LogP contribution in [0.5, 0.6) is 6.01 Å². The summed E-state index contributed by atoms with van der Waals surface area (Å²) in [5, 5.41) is 2.78. The summed E-state index contributed by atoms with van der Waals surface area (Å²) < 4.78 is 10.6. The number of amides is 1. The number of nitrogens with one attached hydrogen (secondary N) is 1. The molecule has 9 nitrogen and oxygen atoms in total. The molecule has 1 aliphatic rings. The van der Waals surface area contributed by atoms with Gasteiger partial charge in [0.15, 0.2) is 0 Å². The second kappa shape index (κ2) is 7.02. The van der Waals surface area contributed by atoms with Crippen molar-refractivity contribution in [2.45, 2.75) is 19.9 Å². The minimum atomic E-state index is -0.491. The van der Waals surface area contributed by atoms with Crippen LogP contribution in [0, 0.1) is 0 Å². The van der Waals surface area contributed by atoms with Crippen molar-refractivity contribution in [2.75, 3.05) is 43.5 Å². The lowest BCUT2D eigenvalue weighted by Crippen LogP contribution is -2.54. The third-order valence-electron chi connectivity index (χ3n) is 2.93. The minimum absolute atomic E-state index is 0.0598. The first-order valence-electron chi connectivity index (χ1n) is 6.92. The van der Waals surface area contributed by atoms with Crippen molar-refractivity contribution in [3.63, 3.8) is 0 Å². The highest BCUT2D eigenvalue weighted by molar-refractivity contribution is 5.85. The molecule has 2 rings (SSSR count). The predicted octanol–water partition coefficient (Wildman–Crippen LogP) is -0.806. The molecule has 9 heteroatoms. The van der Waals surface area contributed by atoms with E-state index >= 15 is 0 Å². The van der Waals surface area contributed by atoms with Gasteiger partial charge >= 0.3 is 6.01 Å². The van der Waals surface area contributed by atoms with E-state index in [0.29, 0.717) is 32.3 Å². The van der Waals surface area contributed by atoms with Gasteiger partial charge in [-0.2, -0.15) is 15.0 Å². The topological polar surface area (TPSA) is 115 Å². The Bertz CT molecular complexity index is 498. The summed E-state index contributed by atoms with van der Waals surface area (Å²) in [6.07, 6.45) is 0. The normalized spacial score (nSPS) is 18.4. The van der Waals surface area contributed by atoms with Gasteiger partial charge in [0.1, 0.15) is 6.04 Å². The number of likely N-dealkylation sites (N-methyl/N-ethyl adjacent to an activating group) is 1. The number of hydrogen-bond donors (Lipinski definition) is 2. The number of anilines is 2. The number of ether oxygens (including phenoxy) is 2. The standard InChI is InChI=1S/C12H20N6O3/c1-3-14-9(19)8-7-20-6-5-18(8)11-15-10(13)16-12(17-11)21-4-2/h8H,3-7H2,1-2H3,(H,14,19)(H2,13,15,16,17). The van der Waals surface area contributed by atoms with Crippen LogP contribution < -0.4 is 20.7 Å². The van der Waals surface area contributed by atoms with E-state index in [1.165, 1.54) is 0 Å². The zero-order chi connectivity index (χ0) is 15.2. The molecule has 1 fully saturated rings. The van der Waals surface area contributed by atoms with Crippen molar-refractivity contribution in [2.24, 2.45) is 0 Å². The summed E-state index contributed by atoms with van der Waals surface area (Å²) in [6, 6.07) is -0.337. The summed E-state index contributed by atoms with van der Waals surface area (Å²) >= 11 is 0. The van der Waals surface area contributed by atoms with Gasteiger partial charge in [-0.1, -0.05) is 0 Å². The number of rotatable bonds is 5. The third-order valence-corrected chi connectivity index (χ3v) is 2.93. The molecule has 2 heterocycles. The van der Waals surface area contributed by atoms with Gasteiger partial charge in [-0.05, 0) is 13.8 Å². The van der Waals surface area contributed by atoms with Crippen molar-refractivity contribution in [1.29, 1.82) is 0 Å². The van der Waals surface area contributed by atoms with Gasteiger partial charge in [-0.25, -0.2) is 0 Å². The molecule has 1 aromatic heterocycles. The monoisotopic (exact) mass is 296 g/mol. The minimum Gasteiger partial charge on any atom is -0.464 e. The summed E-state index contributed by atoms with van der Waals surface area (Å²) in [5.41, 5.74) is 5.68. The number of nitrogen functional groups attached to an aromatic ring is 1. The molecule has 21 heavy (non-hydrogen) atoms. The van der Waals surface area contributed by atoms with Crippen LogP contribution in [0.3, 0.4) is 0 Å². The lowest BCUT2D eigenvalue weighted by Gasteiger charge is -2.34. The second-order valence-corrected chi connectivity index (χ2v) is 4.39. The van der Waals surface area contributed by atoms with E-state index in [2.05, 4.69) is 20.3 Å². The Hall–Kier alpha value is -2.16. The average Bonchev–Trinajstić information content (AvgIpc) is 2.47. The fraction of sp³-hybridized carbons (Fsp3) is 0.667. The number of hydrogen-bond acceptors (Lipinski definition) is 8. The van der Waals surface area contributed by atoms with Gasteiger partial charge in [0.2, 0.25) is 17.8 Å². The molecule has 0 saturated carbocycles. The van der Waals surface area contributed by atoms with E-state index in [1.54, 1.807) is 4.90 Å². The molecule has 1 amide bonds.